The second-order valence-corrected chi connectivity index (χ2v) is 4.86. The van der Waals surface area contributed by atoms with Crippen molar-refractivity contribution in [2.24, 2.45) is 0 Å². The number of hydrogen-bond donors (Lipinski definition) is 1. The molecule has 73 valence electrons. The number of quaternary nitrogens is 1. The van der Waals surface area contributed by atoms with Gasteiger partial charge in [-0.25, -0.2) is 4.57 Å². The van der Waals surface area contributed by atoms with E-state index in [2.05, 4.69) is 4.52 Å². The van der Waals surface area contributed by atoms with Crippen molar-refractivity contribution in [1.29, 1.82) is 0 Å². The molecular weight excluding hydrogens is 181 g/mol. The minimum Gasteiger partial charge on any atom is -0.331 e. The lowest BCUT2D eigenvalue weighted by Crippen LogP contribution is -2.35. The van der Waals surface area contributed by atoms with E-state index >= 15 is 0 Å². The lowest BCUT2D eigenvalue weighted by atomic mass is 10.4. The third-order valence-corrected chi connectivity index (χ3v) is 1.74. The second kappa shape index (κ2) is 4.35. The minimum absolute atomic E-state index is 0.0484. The molecule has 12 heavy (non-hydrogen) atoms. The molecule has 1 N–H and O–H groups in total. The van der Waals surface area contributed by atoms with E-state index in [1.165, 1.54) is 0 Å². The molecule has 0 saturated carbocycles. The molecule has 1 radical (unpaired) electrons. The molecule has 0 spiro atoms. The van der Waals surface area contributed by atoms with Crippen LogP contribution in [0.25, 0.3) is 0 Å². The molecule has 0 aromatic rings. The van der Waals surface area contributed by atoms with Gasteiger partial charge in [-0.05, 0) is 0 Å². The summed E-state index contributed by atoms with van der Waals surface area (Å²) in [4.78, 5) is 18.3. The Hall–Kier alpha value is 0.0700. The Morgan fingerprint density at radius 3 is 2.25 bits per heavy atom. The predicted molar refractivity (Wildman–Crippen MR) is 44.0 cm³/mol. The van der Waals surface area contributed by atoms with Crippen molar-refractivity contribution in [3.05, 3.63) is 0 Å². The third-order valence-electron chi connectivity index (χ3n) is 1.23. The van der Waals surface area contributed by atoms with Crippen LogP contribution in [0.1, 0.15) is 6.42 Å². The smallest absolute Gasteiger partial charge is 0.331 e. The van der Waals surface area contributed by atoms with Crippen LogP contribution >= 0.6 is 7.82 Å². The molecule has 0 aromatic heterocycles. The topological polar surface area (TPSA) is 66.4 Å². The summed E-state index contributed by atoms with van der Waals surface area (Å²) in [5.74, 6) is 0. The van der Waals surface area contributed by atoms with Gasteiger partial charge in [0, 0.05) is 6.42 Å². The molecule has 0 aliphatic rings. The van der Waals surface area contributed by atoms with Crippen molar-refractivity contribution in [3.8, 4) is 0 Å². The average molecular weight is 197 g/mol. The van der Waals surface area contributed by atoms with E-state index in [4.69, 9.17) is 4.89 Å². The maximum atomic E-state index is 10.1. The molecule has 0 fully saturated rings. The largest absolute Gasteiger partial charge is 0.499 e. The summed E-state index contributed by atoms with van der Waals surface area (Å²) in [5.41, 5.74) is 0. The van der Waals surface area contributed by atoms with Crippen molar-refractivity contribution in [1.82, 2.24) is 0 Å². The van der Waals surface area contributed by atoms with E-state index in [0.29, 0.717) is 6.42 Å². The van der Waals surface area contributed by atoms with Crippen LogP contribution in [-0.4, -0.2) is 43.7 Å². The monoisotopic (exact) mass is 197 g/mol. The molecule has 0 saturated heterocycles. The first-order valence-electron chi connectivity index (χ1n) is 3.69. The molecule has 0 aliphatic heterocycles. The van der Waals surface area contributed by atoms with Crippen LogP contribution in [0, 0.1) is 0 Å². The number of rotatable bonds is 5. The van der Waals surface area contributed by atoms with Gasteiger partial charge < -0.3 is 9.38 Å². The van der Waals surface area contributed by atoms with Crippen LogP contribution in [-0.2, 0) is 14.0 Å². The zero-order valence-corrected chi connectivity index (χ0v) is 8.58. The first-order valence-corrected chi connectivity index (χ1v) is 5.19. The van der Waals surface area contributed by atoms with E-state index in [0.717, 1.165) is 11.0 Å². The highest BCUT2D eigenvalue weighted by atomic mass is 31.2. The molecule has 1 atom stereocenters. The Bertz CT molecular complexity index is 171. The summed E-state index contributed by atoms with van der Waals surface area (Å²) in [7, 11) is 1.48. The van der Waals surface area contributed by atoms with Crippen LogP contribution in [0.5, 0.6) is 0 Å². The summed E-state index contributed by atoms with van der Waals surface area (Å²) in [6, 6.07) is 0. The van der Waals surface area contributed by atoms with Crippen LogP contribution in [0.3, 0.4) is 0 Å². The standard InChI is InChI=1S/C6H15NO4P/c1-7(2,3)5-4-6-11-12(8,9)10/h4-6H2,1-3H3/p+1. The predicted octanol–water partition coefficient (Wildman–Crippen LogP) is 0.630. The maximum absolute atomic E-state index is 10.1. The van der Waals surface area contributed by atoms with Crippen molar-refractivity contribution in [2.45, 2.75) is 6.42 Å². The molecular formula is C6H16NO4P+. The number of hydrogen-bond acceptors (Lipinski definition) is 2. The van der Waals surface area contributed by atoms with E-state index in [9.17, 15) is 9.46 Å². The highest BCUT2D eigenvalue weighted by molar-refractivity contribution is 7.46. The summed E-state index contributed by atoms with van der Waals surface area (Å²) in [6.45, 7) is 0.854. The fourth-order valence-corrected chi connectivity index (χ4v) is 1.08. The van der Waals surface area contributed by atoms with Gasteiger partial charge >= 0.3 is 7.82 Å². The summed E-state index contributed by atoms with van der Waals surface area (Å²) in [5, 5.41) is 0. The van der Waals surface area contributed by atoms with Gasteiger partial charge in [0.05, 0.1) is 34.3 Å². The molecule has 0 rings (SSSR count). The van der Waals surface area contributed by atoms with Gasteiger partial charge in [0.15, 0.2) is 0 Å². The summed E-state index contributed by atoms with van der Waals surface area (Å²) < 4.78 is 15.0. The Balaban J connectivity index is 3.41. The fraction of sp³-hybridized carbons (Fsp3) is 1.00. The lowest BCUT2D eigenvalue weighted by molar-refractivity contribution is -0.870. The van der Waals surface area contributed by atoms with E-state index in [-0.39, 0.29) is 6.61 Å². The quantitative estimate of drug-likeness (QED) is 0.399. The number of nitrogens with zero attached hydrogens (tertiary/aromatic N) is 1. The SMILES string of the molecule is C[N+](C)(C)CCCOP([O])(=O)O. The van der Waals surface area contributed by atoms with Gasteiger partial charge in [-0.3, -0.25) is 4.52 Å². The lowest BCUT2D eigenvalue weighted by Gasteiger charge is -2.23. The van der Waals surface area contributed by atoms with Crippen molar-refractivity contribution in [2.75, 3.05) is 34.3 Å². The van der Waals surface area contributed by atoms with E-state index < -0.39 is 7.82 Å². The molecule has 6 heteroatoms. The Morgan fingerprint density at radius 1 is 1.42 bits per heavy atom. The minimum atomic E-state index is -4.50. The molecule has 0 heterocycles. The van der Waals surface area contributed by atoms with Gasteiger partial charge in [-0.1, -0.05) is 0 Å². The Labute approximate surface area is 72.8 Å². The van der Waals surface area contributed by atoms with Crippen LogP contribution in [0.15, 0.2) is 0 Å². The van der Waals surface area contributed by atoms with Gasteiger partial charge in [0.25, 0.3) is 0 Å². The fourth-order valence-electron chi connectivity index (χ4n) is 0.719. The zero-order valence-electron chi connectivity index (χ0n) is 7.69. The molecule has 1 unspecified atom stereocenters. The van der Waals surface area contributed by atoms with Gasteiger partial charge in [0.1, 0.15) is 0 Å². The Morgan fingerprint density at radius 2 is 1.92 bits per heavy atom. The summed E-state index contributed by atoms with van der Waals surface area (Å²) >= 11 is 0. The first-order chi connectivity index (χ1) is 5.21. The van der Waals surface area contributed by atoms with Crippen molar-refractivity contribution >= 4 is 7.82 Å². The average Bonchev–Trinajstić information content (AvgIpc) is 1.76. The zero-order chi connectivity index (χ0) is 9.83. The normalized spacial score (nSPS) is 13.4. The van der Waals surface area contributed by atoms with Crippen LogP contribution in [0.4, 0.5) is 0 Å². The van der Waals surface area contributed by atoms with Crippen LogP contribution < -0.4 is 0 Å². The van der Waals surface area contributed by atoms with Crippen molar-refractivity contribution in [3.63, 3.8) is 0 Å². The molecule has 5 nitrogen and oxygen atoms in total. The van der Waals surface area contributed by atoms with E-state index in [1.807, 2.05) is 21.1 Å². The third kappa shape index (κ3) is 10.1. The van der Waals surface area contributed by atoms with Gasteiger partial charge in [-0.15, -0.1) is 4.89 Å². The van der Waals surface area contributed by atoms with Gasteiger partial charge in [-0.2, -0.15) is 0 Å². The Kier molecular flexibility index (Phi) is 4.37. The second-order valence-electron chi connectivity index (χ2n) is 3.67. The maximum Gasteiger partial charge on any atom is 0.499 e. The van der Waals surface area contributed by atoms with E-state index in [1.54, 1.807) is 0 Å². The molecule has 0 aliphatic carbocycles. The van der Waals surface area contributed by atoms with Crippen LogP contribution in [0.2, 0.25) is 0 Å². The molecule has 0 bridgehead atoms. The summed E-state index contributed by atoms with van der Waals surface area (Å²) in [6.07, 6.45) is 0.607. The van der Waals surface area contributed by atoms with Gasteiger partial charge in [0.2, 0.25) is 0 Å². The molecule has 0 amide bonds. The first kappa shape index (κ1) is 12.1. The highest BCUT2D eigenvalue weighted by Crippen LogP contribution is 2.37. The van der Waals surface area contributed by atoms with Crippen molar-refractivity contribution < 1.29 is 23.4 Å². The highest BCUT2D eigenvalue weighted by Gasteiger charge is 2.16. The molecule has 0 aromatic carbocycles.